The fourth-order valence-electron chi connectivity index (χ4n) is 1.89. The zero-order valence-electron chi connectivity index (χ0n) is 12.6. The lowest BCUT2D eigenvalue weighted by Crippen LogP contribution is -2.16. The van der Waals surface area contributed by atoms with Crippen LogP contribution in [0.15, 0.2) is 46.4 Å². The number of nitrogens with one attached hydrogen (secondary N) is 1. The van der Waals surface area contributed by atoms with Crippen molar-refractivity contribution in [1.29, 1.82) is 5.26 Å². The Hall–Kier alpha value is -3.33. The molecule has 0 saturated carbocycles. The summed E-state index contributed by atoms with van der Waals surface area (Å²) in [6.45, 7) is 1.76. The highest BCUT2D eigenvalue weighted by molar-refractivity contribution is 6.11. The van der Waals surface area contributed by atoms with Crippen molar-refractivity contribution in [2.45, 2.75) is 6.92 Å². The Bertz CT molecular complexity index is 812. The molecule has 1 amide bonds. The smallest absolute Gasteiger partial charge is 0.339 e. The second-order valence-corrected chi connectivity index (χ2v) is 4.61. The van der Waals surface area contributed by atoms with E-state index in [4.69, 9.17) is 9.68 Å². The van der Waals surface area contributed by atoms with E-state index in [-0.39, 0.29) is 16.8 Å². The van der Waals surface area contributed by atoms with E-state index in [1.54, 1.807) is 37.3 Å². The number of rotatable bonds is 4. The molecule has 0 spiro atoms. The number of hydrogen-bond donors (Lipinski definition) is 1. The molecule has 0 saturated heterocycles. The summed E-state index contributed by atoms with van der Waals surface area (Å²) >= 11 is 0. The Morgan fingerprint density at radius 3 is 2.61 bits per heavy atom. The molecule has 2 rings (SSSR count). The Morgan fingerprint density at radius 2 is 2.00 bits per heavy atom. The molecule has 1 heterocycles. The highest BCUT2D eigenvalue weighted by Gasteiger charge is 2.16. The average Bonchev–Trinajstić information content (AvgIpc) is 2.97. The number of ether oxygens (including phenoxy) is 1. The number of methoxy groups -OCH3 is 1. The third kappa shape index (κ3) is 3.86. The highest BCUT2D eigenvalue weighted by atomic mass is 16.5. The van der Waals surface area contributed by atoms with Gasteiger partial charge in [0.1, 0.15) is 23.2 Å². The van der Waals surface area contributed by atoms with Crippen molar-refractivity contribution < 1.29 is 18.7 Å². The first kappa shape index (κ1) is 16.0. The maximum Gasteiger partial charge on any atom is 0.339 e. The van der Waals surface area contributed by atoms with Crippen LogP contribution < -0.4 is 5.32 Å². The van der Waals surface area contributed by atoms with E-state index in [9.17, 15) is 9.59 Å². The normalized spacial score (nSPS) is 10.7. The van der Waals surface area contributed by atoms with E-state index in [1.807, 2.05) is 6.07 Å². The van der Waals surface area contributed by atoms with Crippen LogP contribution >= 0.6 is 0 Å². The number of amides is 1. The molecule has 1 N–H and O–H groups in total. The summed E-state index contributed by atoms with van der Waals surface area (Å²) in [4.78, 5) is 23.9. The first-order chi connectivity index (χ1) is 11.0. The van der Waals surface area contributed by atoms with Crippen molar-refractivity contribution in [3.05, 3.63) is 59.1 Å². The van der Waals surface area contributed by atoms with Gasteiger partial charge in [0.2, 0.25) is 0 Å². The number of nitrogens with zero attached hydrogens (tertiary/aromatic N) is 1. The van der Waals surface area contributed by atoms with Gasteiger partial charge in [-0.15, -0.1) is 0 Å². The minimum Gasteiger partial charge on any atom is -0.465 e. The molecule has 0 unspecified atom stereocenters. The number of esters is 1. The number of anilines is 1. The third-order valence-corrected chi connectivity index (χ3v) is 2.99. The third-order valence-electron chi connectivity index (χ3n) is 2.99. The van der Waals surface area contributed by atoms with Gasteiger partial charge in [-0.2, -0.15) is 5.26 Å². The largest absolute Gasteiger partial charge is 0.465 e. The molecule has 1 aromatic heterocycles. The topological polar surface area (TPSA) is 92.3 Å². The van der Waals surface area contributed by atoms with Gasteiger partial charge in [0.25, 0.3) is 5.91 Å². The van der Waals surface area contributed by atoms with Gasteiger partial charge in [0.15, 0.2) is 0 Å². The van der Waals surface area contributed by atoms with Gasteiger partial charge in [-0.3, -0.25) is 4.79 Å². The first-order valence-electron chi connectivity index (χ1n) is 6.72. The zero-order chi connectivity index (χ0) is 16.8. The second-order valence-electron chi connectivity index (χ2n) is 4.61. The molecule has 1 aromatic carbocycles. The van der Waals surface area contributed by atoms with Crippen LogP contribution in [0.25, 0.3) is 6.08 Å². The van der Waals surface area contributed by atoms with Crippen LogP contribution in [-0.2, 0) is 9.53 Å². The molecule has 2 aromatic rings. The number of aryl methyl sites for hydroxylation is 1. The number of carbonyl (C=O) groups excluding carboxylic acids is 2. The quantitative estimate of drug-likeness (QED) is 0.532. The van der Waals surface area contributed by atoms with E-state index >= 15 is 0 Å². The van der Waals surface area contributed by atoms with Crippen molar-refractivity contribution >= 4 is 23.6 Å². The summed E-state index contributed by atoms with van der Waals surface area (Å²) in [5, 5.41) is 11.7. The van der Waals surface area contributed by atoms with Crippen molar-refractivity contribution in [2.75, 3.05) is 12.4 Å². The van der Waals surface area contributed by atoms with Crippen LogP contribution in [0, 0.1) is 18.3 Å². The van der Waals surface area contributed by atoms with E-state index in [2.05, 4.69) is 10.1 Å². The standard InChI is InChI=1S/C17H14N2O4/c1-11-7-8-13(23-11)9-12(10-18)16(20)19-15-6-4-3-5-14(15)17(21)22-2/h3-9H,1-2H3,(H,19,20)/b12-9+. The van der Waals surface area contributed by atoms with Gasteiger partial charge >= 0.3 is 5.97 Å². The number of carbonyl (C=O) groups is 2. The Morgan fingerprint density at radius 1 is 1.26 bits per heavy atom. The van der Waals surface area contributed by atoms with Gasteiger partial charge in [-0.05, 0) is 31.2 Å². The summed E-state index contributed by atoms with van der Waals surface area (Å²) in [5.41, 5.74) is 0.328. The molecule has 116 valence electrons. The van der Waals surface area contributed by atoms with Crippen LogP contribution in [0.3, 0.4) is 0 Å². The molecular formula is C17H14N2O4. The van der Waals surface area contributed by atoms with Gasteiger partial charge in [0, 0.05) is 6.08 Å². The monoisotopic (exact) mass is 310 g/mol. The molecule has 0 radical (unpaired) electrons. The number of hydrogen-bond acceptors (Lipinski definition) is 5. The van der Waals surface area contributed by atoms with Crippen LogP contribution in [0.2, 0.25) is 0 Å². The minimum atomic E-state index is -0.641. The van der Waals surface area contributed by atoms with Gasteiger partial charge in [0.05, 0.1) is 18.4 Å². The maximum atomic E-state index is 12.2. The van der Waals surface area contributed by atoms with Crippen molar-refractivity contribution in [3.63, 3.8) is 0 Å². The molecule has 0 atom stereocenters. The van der Waals surface area contributed by atoms with Gasteiger partial charge in [-0.1, -0.05) is 12.1 Å². The van der Waals surface area contributed by atoms with Crippen LogP contribution in [0.1, 0.15) is 21.9 Å². The van der Waals surface area contributed by atoms with E-state index in [1.165, 1.54) is 19.3 Å². The molecule has 0 aliphatic rings. The maximum absolute atomic E-state index is 12.2. The van der Waals surface area contributed by atoms with Gasteiger partial charge in [-0.25, -0.2) is 4.79 Å². The number of furan rings is 1. The van der Waals surface area contributed by atoms with Crippen LogP contribution in [0.5, 0.6) is 0 Å². The minimum absolute atomic E-state index is 0.140. The number of benzene rings is 1. The van der Waals surface area contributed by atoms with Crippen LogP contribution in [0.4, 0.5) is 5.69 Å². The highest BCUT2D eigenvalue weighted by Crippen LogP contribution is 2.18. The van der Waals surface area contributed by atoms with Crippen molar-refractivity contribution in [2.24, 2.45) is 0 Å². The lowest BCUT2D eigenvalue weighted by molar-refractivity contribution is -0.112. The lowest BCUT2D eigenvalue weighted by atomic mass is 10.1. The number of para-hydroxylation sites is 1. The Kier molecular flexibility index (Phi) is 4.95. The Labute approximate surface area is 133 Å². The lowest BCUT2D eigenvalue weighted by Gasteiger charge is -2.08. The Balaban J connectivity index is 2.26. The van der Waals surface area contributed by atoms with Crippen LogP contribution in [-0.4, -0.2) is 19.0 Å². The molecule has 6 heteroatoms. The zero-order valence-corrected chi connectivity index (χ0v) is 12.6. The molecule has 6 nitrogen and oxygen atoms in total. The molecule has 0 fully saturated rings. The van der Waals surface area contributed by atoms with Crippen molar-refractivity contribution in [3.8, 4) is 6.07 Å². The average molecular weight is 310 g/mol. The molecular weight excluding hydrogens is 296 g/mol. The predicted octanol–water partition coefficient (Wildman–Crippen LogP) is 2.92. The van der Waals surface area contributed by atoms with E-state index in [0.29, 0.717) is 11.5 Å². The second kappa shape index (κ2) is 7.09. The number of nitriles is 1. The first-order valence-corrected chi connectivity index (χ1v) is 6.72. The fourth-order valence-corrected chi connectivity index (χ4v) is 1.89. The van der Waals surface area contributed by atoms with E-state index < -0.39 is 11.9 Å². The molecule has 0 aliphatic heterocycles. The summed E-state index contributed by atoms with van der Waals surface area (Å²) < 4.78 is 9.97. The van der Waals surface area contributed by atoms with Gasteiger partial charge < -0.3 is 14.5 Å². The summed E-state index contributed by atoms with van der Waals surface area (Å²) in [7, 11) is 1.25. The predicted molar refractivity (Wildman–Crippen MR) is 83.4 cm³/mol. The molecule has 0 bridgehead atoms. The SMILES string of the molecule is COC(=O)c1ccccc1NC(=O)/C(C#N)=C/c1ccc(C)o1. The van der Waals surface area contributed by atoms with E-state index in [0.717, 1.165) is 0 Å². The molecule has 0 aliphatic carbocycles. The summed E-state index contributed by atoms with van der Waals surface area (Å²) in [6, 6.07) is 11.6. The fraction of sp³-hybridized carbons (Fsp3) is 0.118. The van der Waals surface area contributed by atoms with Crippen molar-refractivity contribution in [1.82, 2.24) is 0 Å². The summed E-state index contributed by atoms with van der Waals surface area (Å²) in [6.07, 6.45) is 1.34. The molecule has 23 heavy (non-hydrogen) atoms. The summed E-state index contributed by atoms with van der Waals surface area (Å²) in [5.74, 6) is -0.150.